The first kappa shape index (κ1) is 28.2. The number of ether oxygens (including phenoxy) is 1. The number of halogens is 1. The quantitative estimate of drug-likeness (QED) is 0.315. The van der Waals surface area contributed by atoms with Gasteiger partial charge in [0.25, 0.3) is 11.5 Å². The van der Waals surface area contributed by atoms with Gasteiger partial charge in [-0.05, 0) is 95.2 Å². The van der Waals surface area contributed by atoms with Crippen LogP contribution < -0.4 is 21.5 Å². The number of aryl methyl sites for hydroxylation is 2. The van der Waals surface area contributed by atoms with Gasteiger partial charge in [-0.1, -0.05) is 18.5 Å². The first-order valence-corrected chi connectivity index (χ1v) is 13.3. The number of pyridine rings is 1. The minimum Gasteiger partial charge on any atom is -0.385 e. The van der Waals surface area contributed by atoms with Crippen molar-refractivity contribution in [3.63, 3.8) is 0 Å². The van der Waals surface area contributed by atoms with E-state index in [4.69, 9.17) is 16.3 Å². The minimum atomic E-state index is -0.244. The number of H-pyrrole nitrogens is 1. The number of rotatable bonds is 11. The summed E-state index contributed by atoms with van der Waals surface area (Å²) in [6.07, 6.45) is 6.32. The highest BCUT2D eigenvalue weighted by Gasteiger charge is 2.34. The summed E-state index contributed by atoms with van der Waals surface area (Å²) in [5.41, 5.74) is 4.29. The Labute approximate surface area is 219 Å². The van der Waals surface area contributed by atoms with Gasteiger partial charge in [0.2, 0.25) is 0 Å². The molecule has 0 atom stereocenters. The molecule has 0 aliphatic heterocycles. The molecule has 1 saturated carbocycles. The van der Waals surface area contributed by atoms with Gasteiger partial charge in [0.15, 0.2) is 0 Å². The third-order valence-electron chi connectivity index (χ3n) is 7.51. The lowest BCUT2D eigenvalue weighted by Gasteiger charge is -2.42. The average molecular weight is 517 g/mol. The number of aromatic nitrogens is 1. The van der Waals surface area contributed by atoms with Crippen LogP contribution in [-0.4, -0.2) is 42.7 Å². The molecule has 0 spiro atoms. The van der Waals surface area contributed by atoms with E-state index in [9.17, 15) is 9.59 Å². The summed E-state index contributed by atoms with van der Waals surface area (Å²) in [5.74, 6) is -0.244. The van der Waals surface area contributed by atoms with Gasteiger partial charge < -0.3 is 25.7 Å². The number of aromatic amines is 1. The molecule has 1 aromatic carbocycles. The maximum atomic E-state index is 13.1. The van der Waals surface area contributed by atoms with E-state index < -0.39 is 0 Å². The Kier molecular flexibility index (Phi) is 10.00. The lowest BCUT2D eigenvalue weighted by Crippen LogP contribution is -2.46. The van der Waals surface area contributed by atoms with Crippen molar-refractivity contribution in [2.24, 2.45) is 0 Å². The van der Waals surface area contributed by atoms with Gasteiger partial charge in [0, 0.05) is 59.4 Å². The van der Waals surface area contributed by atoms with Crippen LogP contribution in [0.1, 0.15) is 78.2 Å². The normalized spacial score (nSPS) is 19.8. The molecular weight excluding hydrogens is 476 g/mol. The molecule has 36 heavy (non-hydrogen) atoms. The van der Waals surface area contributed by atoms with E-state index in [2.05, 4.69) is 27.9 Å². The second kappa shape index (κ2) is 12.7. The standard InChI is InChI=1S/C28H41ClN4O3/c1-6-28(10-8-22(9-11-28)30-12-7-13-36-5)33-25-16-21(29)15-23(20(25)4)26(34)31-17-24-18(2)14-19(3)32-27(24)35/h14-16,22,30,33H,6-13,17H2,1-5H3,(H,31,34)(H,32,35)/t22-,28-. The molecule has 7 nitrogen and oxygen atoms in total. The molecule has 1 aliphatic rings. The van der Waals surface area contributed by atoms with Gasteiger partial charge in [-0.15, -0.1) is 0 Å². The monoisotopic (exact) mass is 516 g/mol. The van der Waals surface area contributed by atoms with E-state index in [1.54, 1.807) is 13.2 Å². The highest BCUT2D eigenvalue weighted by molar-refractivity contribution is 6.31. The van der Waals surface area contributed by atoms with Crippen LogP contribution in [0.15, 0.2) is 23.0 Å². The molecule has 198 valence electrons. The van der Waals surface area contributed by atoms with Crippen LogP contribution in [0, 0.1) is 20.8 Å². The van der Waals surface area contributed by atoms with Gasteiger partial charge >= 0.3 is 0 Å². The molecule has 8 heteroatoms. The third-order valence-corrected chi connectivity index (χ3v) is 7.73. The summed E-state index contributed by atoms with van der Waals surface area (Å²) in [6.45, 7) is 9.81. The van der Waals surface area contributed by atoms with E-state index in [1.165, 1.54) is 0 Å². The molecule has 0 radical (unpaired) electrons. The lowest BCUT2D eigenvalue weighted by molar-refractivity contribution is 0.0950. The van der Waals surface area contributed by atoms with Crippen molar-refractivity contribution in [2.45, 2.75) is 84.3 Å². The van der Waals surface area contributed by atoms with Gasteiger partial charge in [0.05, 0.1) is 0 Å². The Morgan fingerprint density at radius 2 is 1.92 bits per heavy atom. The van der Waals surface area contributed by atoms with E-state index in [0.29, 0.717) is 22.2 Å². The summed E-state index contributed by atoms with van der Waals surface area (Å²) < 4.78 is 5.14. The zero-order valence-electron chi connectivity index (χ0n) is 22.3. The summed E-state index contributed by atoms with van der Waals surface area (Å²) in [5, 5.41) is 10.9. The molecule has 0 saturated heterocycles. The number of methoxy groups -OCH3 is 1. The molecule has 1 fully saturated rings. The summed E-state index contributed by atoms with van der Waals surface area (Å²) in [4.78, 5) is 28.3. The predicted octanol–water partition coefficient (Wildman–Crippen LogP) is 5.01. The van der Waals surface area contributed by atoms with Crippen molar-refractivity contribution in [1.82, 2.24) is 15.6 Å². The first-order chi connectivity index (χ1) is 17.2. The minimum absolute atomic E-state index is 0.0276. The van der Waals surface area contributed by atoms with Crippen LogP contribution in [0.2, 0.25) is 5.02 Å². The fraction of sp³-hybridized carbons (Fsp3) is 0.571. The fourth-order valence-electron chi connectivity index (χ4n) is 5.16. The summed E-state index contributed by atoms with van der Waals surface area (Å²) in [6, 6.07) is 6.04. The topological polar surface area (TPSA) is 95.3 Å². The molecule has 2 aromatic rings. The number of anilines is 1. The Morgan fingerprint density at radius 1 is 1.19 bits per heavy atom. The van der Waals surface area contributed by atoms with E-state index in [0.717, 1.165) is 74.2 Å². The molecule has 3 rings (SSSR count). The van der Waals surface area contributed by atoms with Gasteiger partial charge in [0.1, 0.15) is 0 Å². The van der Waals surface area contributed by atoms with Gasteiger partial charge in [-0.3, -0.25) is 9.59 Å². The number of nitrogens with one attached hydrogen (secondary N) is 4. The van der Waals surface area contributed by atoms with Crippen molar-refractivity contribution >= 4 is 23.2 Å². The van der Waals surface area contributed by atoms with Gasteiger partial charge in [-0.25, -0.2) is 0 Å². The van der Waals surface area contributed by atoms with Crippen LogP contribution in [-0.2, 0) is 11.3 Å². The van der Waals surface area contributed by atoms with E-state index in [1.807, 2.05) is 32.9 Å². The third kappa shape index (κ3) is 7.11. The predicted molar refractivity (Wildman–Crippen MR) is 147 cm³/mol. The molecule has 1 aromatic heterocycles. The number of carbonyl (C=O) groups excluding carboxylic acids is 1. The Bertz CT molecular complexity index is 1110. The van der Waals surface area contributed by atoms with E-state index >= 15 is 0 Å². The van der Waals surface area contributed by atoms with Crippen LogP contribution in [0.5, 0.6) is 0 Å². The van der Waals surface area contributed by atoms with Crippen LogP contribution in [0.25, 0.3) is 0 Å². The zero-order chi connectivity index (χ0) is 26.3. The number of hydrogen-bond donors (Lipinski definition) is 4. The van der Waals surface area contributed by atoms with Gasteiger partial charge in [-0.2, -0.15) is 0 Å². The van der Waals surface area contributed by atoms with Crippen molar-refractivity contribution in [3.05, 3.63) is 61.5 Å². The number of carbonyl (C=O) groups is 1. The maximum Gasteiger partial charge on any atom is 0.253 e. The molecule has 1 aliphatic carbocycles. The Balaban J connectivity index is 1.69. The number of hydrogen-bond acceptors (Lipinski definition) is 5. The second-order valence-electron chi connectivity index (χ2n) is 10.1. The van der Waals surface area contributed by atoms with E-state index in [-0.39, 0.29) is 23.6 Å². The van der Waals surface area contributed by atoms with Crippen molar-refractivity contribution in [2.75, 3.05) is 25.6 Å². The molecule has 0 bridgehead atoms. The highest BCUT2D eigenvalue weighted by Crippen LogP contribution is 2.37. The molecule has 1 amide bonds. The van der Waals surface area contributed by atoms with Crippen LogP contribution in [0.4, 0.5) is 5.69 Å². The fourth-order valence-corrected chi connectivity index (χ4v) is 5.38. The lowest BCUT2D eigenvalue weighted by atomic mass is 9.77. The molecule has 1 heterocycles. The maximum absolute atomic E-state index is 13.1. The highest BCUT2D eigenvalue weighted by atomic mass is 35.5. The first-order valence-electron chi connectivity index (χ1n) is 13.0. The zero-order valence-corrected chi connectivity index (χ0v) is 23.0. The smallest absolute Gasteiger partial charge is 0.253 e. The van der Waals surface area contributed by atoms with Crippen LogP contribution in [0.3, 0.4) is 0 Å². The molecule has 4 N–H and O–H groups in total. The number of benzene rings is 1. The number of amides is 1. The summed E-state index contributed by atoms with van der Waals surface area (Å²) >= 11 is 6.47. The second-order valence-corrected chi connectivity index (χ2v) is 10.5. The Morgan fingerprint density at radius 3 is 2.56 bits per heavy atom. The molecule has 0 unspecified atom stereocenters. The SMILES string of the molecule is CC[C@]1(Nc2cc(Cl)cc(C(=O)NCc3c(C)cc(C)[nH]c3=O)c2C)CC[C@H](NCCCOC)CC1. The van der Waals surface area contributed by atoms with Crippen LogP contribution >= 0.6 is 11.6 Å². The van der Waals surface area contributed by atoms with Crippen molar-refractivity contribution in [3.8, 4) is 0 Å². The average Bonchev–Trinajstić information content (AvgIpc) is 2.84. The Hall–Kier alpha value is -2.35. The molecular formula is C28H41ClN4O3. The largest absolute Gasteiger partial charge is 0.385 e. The summed E-state index contributed by atoms with van der Waals surface area (Å²) in [7, 11) is 1.74. The van der Waals surface area contributed by atoms with Crippen molar-refractivity contribution < 1.29 is 9.53 Å². The van der Waals surface area contributed by atoms with Crippen molar-refractivity contribution in [1.29, 1.82) is 0 Å².